The summed E-state index contributed by atoms with van der Waals surface area (Å²) in [6, 6.07) is 8.22. The monoisotopic (exact) mass is 399 g/mol. The summed E-state index contributed by atoms with van der Waals surface area (Å²) in [6.45, 7) is 3.15. The van der Waals surface area contributed by atoms with Gasteiger partial charge in [-0.25, -0.2) is 9.37 Å². The average Bonchev–Trinajstić information content (AvgIpc) is 3.29. The van der Waals surface area contributed by atoms with Crippen molar-refractivity contribution in [2.75, 3.05) is 27.3 Å². The Bertz CT molecular complexity index is 936. The molecule has 4 rings (SSSR count). The summed E-state index contributed by atoms with van der Waals surface area (Å²) in [5.41, 5.74) is 1.34. The SMILES string of the molecule is CCOc1ccc(F)c(-c2cc(OC)nc([C@@H]3CC[C@]4(CCN(C)C4=O)N3)c2)c1. The standard InChI is InChI=1S/C22H26FN3O3/c1-4-29-15-5-6-17(23)16(13-15)14-11-19(24-20(12-14)28-3)18-7-8-22(25-18)9-10-26(2)21(22)27/h5-6,11-13,18,25H,4,7-10H2,1-3H3/t18-,22+/m0/s1. The van der Waals surface area contributed by atoms with Crippen molar-refractivity contribution < 1.29 is 18.7 Å². The molecule has 7 heteroatoms. The summed E-state index contributed by atoms with van der Waals surface area (Å²) in [4.78, 5) is 19.0. The fraction of sp³-hybridized carbons (Fsp3) is 0.455. The van der Waals surface area contributed by atoms with Crippen LogP contribution in [0.2, 0.25) is 0 Å². The lowest BCUT2D eigenvalue weighted by atomic mass is 9.96. The molecule has 1 spiro atoms. The van der Waals surface area contributed by atoms with Crippen LogP contribution in [0.25, 0.3) is 11.1 Å². The number of likely N-dealkylation sites (tertiary alicyclic amines) is 1. The predicted octanol–water partition coefficient (Wildman–Crippen LogP) is 3.32. The summed E-state index contributed by atoms with van der Waals surface area (Å²) < 4.78 is 25.5. The van der Waals surface area contributed by atoms with E-state index >= 15 is 0 Å². The number of carbonyl (C=O) groups is 1. The molecule has 2 aliphatic rings. The van der Waals surface area contributed by atoms with Crippen molar-refractivity contribution in [1.29, 1.82) is 0 Å². The van der Waals surface area contributed by atoms with Gasteiger partial charge in [0.25, 0.3) is 0 Å². The molecular weight excluding hydrogens is 373 g/mol. The summed E-state index contributed by atoms with van der Waals surface area (Å²) in [5, 5.41) is 3.51. The topological polar surface area (TPSA) is 63.7 Å². The van der Waals surface area contributed by atoms with Gasteiger partial charge in [0.15, 0.2) is 0 Å². The lowest BCUT2D eigenvalue weighted by Crippen LogP contribution is -2.47. The van der Waals surface area contributed by atoms with Crippen LogP contribution in [-0.4, -0.2) is 48.6 Å². The van der Waals surface area contributed by atoms with Crippen molar-refractivity contribution in [2.45, 2.75) is 37.8 Å². The minimum Gasteiger partial charge on any atom is -0.494 e. The first-order valence-electron chi connectivity index (χ1n) is 9.98. The van der Waals surface area contributed by atoms with Crippen molar-refractivity contribution in [3.05, 3.63) is 41.8 Å². The van der Waals surface area contributed by atoms with Crippen molar-refractivity contribution in [2.24, 2.45) is 0 Å². The molecule has 154 valence electrons. The van der Waals surface area contributed by atoms with Crippen LogP contribution in [-0.2, 0) is 4.79 Å². The third kappa shape index (κ3) is 3.55. The van der Waals surface area contributed by atoms with Gasteiger partial charge in [0, 0.05) is 25.2 Å². The Kier molecular flexibility index (Phi) is 5.17. The minimum atomic E-state index is -0.509. The molecule has 2 saturated heterocycles. The number of benzene rings is 1. The van der Waals surface area contributed by atoms with E-state index in [1.807, 2.05) is 20.0 Å². The number of likely N-dealkylation sites (N-methyl/N-ethyl adjacent to an activating group) is 1. The van der Waals surface area contributed by atoms with E-state index in [1.54, 1.807) is 30.2 Å². The van der Waals surface area contributed by atoms with Crippen molar-refractivity contribution in [3.63, 3.8) is 0 Å². The van der Waals surface area contributed by atoms with E-state index in [-0.39, 0.29) is 17.8 Å². The molecule has 1 aromatic heterocycles. The molecule has 0 saturated carbocycles. The number of carbonyl (C=O) groups excluding carboxylic acids is 1. The number of methoxy groups -OCH3 is 1. The van der Waals surface area contributed by atoms with Crippen LogP contribution in [0.4, 0.5) is 4.39 Å². The molecule has 2 aliphatic heterocycles. The lowest BCUT2D eigenvalue weighted by Gasteiger charge is -2.23. The van der Waals surface area contributed by atoms with Crippen LogP contribution in [0, 0.1) is 5.82 Å². The van der Waals surface area contributed by atoms with E-state index in [2.05, 4.69) is 10.3 Å². The number of hydrogen-bond acceptors (Lipinski definition) is 5. The fourth-order valence-corrected chi connectivity index (χ4v) is 4.34. The number of amides is 1. The molecule has 1 N–H and O–H groups in total. The van der Waals surface area contributed by atoms with E-state index in [0.717, 1.165) is 31.5 Å². The van der Waals surface area contributed by atoms with Crippen molar-refractivity contribution >= 4 is 5.91 Å². The van der Waals surface area contributed by atoms with Crippen LogP contribution >= 0.6 is 0 Å². The predicted molar refractivity (Wildman–Crippen MR) is 107 cm³/mol. The third-order valence-electron chi connectivity index (χ3n) is 5.89. The van der Waals surface area contributed by atoms with Gasteiger partial charge in [0.1, 0.15) is 17.1 Å². The maximum absolute atomic E-state index is 14.6. The van der Waals surface area contributed by atoms with Crippen LogP contribution in [0.15, 0.2) is 30.3 Å². The Morgan fingerprint density at radius 2 is 2.14 bits per heavy atom. The molecule has 3 heterocycles. The van der Waals surface area contributed by atoms with Gasteiger partial charge in [-0.2, -0.15) is 0 Å². The Balaban J connectivity index is 1.69. The highest BCUT2D eigenvalue weighted by molar-refractivity contribution is 5.88. The number of rotatable bonds is 5. The number of pyridine rings is 1. The quantitative estimate of drug-likeness (QED) is 0.836. The Morgan fingerprint density at radius 3 is 2.83 bits per heavy atom. The molecule has 2 atom stereocenters. The number of nitrogens with zero attached hydrogens (tertiary/aromatic N) is 2. The molecule has 0 unspecified atom stereocenters. The van der Waals surface area contributed by atoms with E-state index < -0.39 is 5.54 Å². The molecule has 1 amide bonds. The fourth-order valence-electron chi connectivity index (χ4n) is 4.34. The van der Waals surface area contributed by atoms with Crippen molar-refractivity contribution in [1.82, 2.24) is 15.2 Å². The zero-order chi connectivity index (χ0) is 20.6. The Labute approximate surface area is 170 Å². The smallest absolute Gasteiger partial charge is 0.242 e. The first kappa shape index (κ1) is 19.6. The molecule has 29 heavy (non-hydrogen) atoms. The molecule has 0 aliphatic carbocycles. The summed E-state index contributed by atoms with van der Waals surface area (Å²) in [6.07, 6.45) is 2.35. The van der Waals surface area contributed by atoms with Crippen LogP contribution in [0.3, 0.4) is 0 Å². The molecular formula is C22H26FN3O3. The molecule has 2 aromatic rings. The van der Waals surface area contributed by atoms with E-state index in [0.29, 0.717) is 29.4 Å². The molecule has 0 radical (unpaired) electrons. The second kappa shape index (κ2) is 7.63. The van der Waals surface area contributed by atoms with E-state index in [1.165, 1.54) is 6.07 Å². The number of halogens is 1. The Hall–Kier alpha value is -2.67. The summed E-state index contributed by atoms with van der Waals surface area (Å²) >= 11 is 0. The van der Waals surface area contributed by atoms with Crippen LogP contribution < -0.4 is 14.8 Å². The molecule has 2 fully saturated rings. The highest BCUT2D eigenvalue weighted by atomic mass is 19.1. The number of hydrogen-bond donors (Lipinski definition) is 1. The second-order valence-electron chi connectivity index (χ2n) is 7.69. The zero-order valence-corrected chi connectivity index (χ0v) is 17.0. The van der Waals surface area contributed by atoms with Gasteiger partial charge in [-0.15, -0.1) is 0 Å². The van der Waals surface area contributed by atoms with Gasteiger partial charge in [-0.3, -0.25) is 10.1 Å². The van der Waals surface area contributed by atoms with Crippen molar-refractivity contribution in [3.8, 4) is 22.8 Å². The molecule has 0 bridgehead atoms. The van der Waals surface area contributed by atoms with Gasteiger partial charge in [-0.05, 0) is 56.0 Å². The molecule has 1 aromatic carbocycles. The van der Waals surface area contributed by atoms with Gasteiger partial charge in [0.05, 0.1) is 25.5 Å². The maximum Gasteiger partial charge on any atom is 0.242 e. The number of aromatic nitrogens is 1. The zero-order valence-electron chi connectivity index (χ0n) is 17.0. The highest BCUT2D eigenvalue weighted by Crippen LogP contribution is 2.40. The van der Waals surface area contributed by atoms with E-state index in [4.69, 9.17) is 9.47 Å². The molecule has 6 nitrogen and oxygen atoms in total. The first-order chi connectivity index (χ1) is 14.0. The highest BCUT2D eigenvalue weighted by Gasteiger charge is 2.50. The van der Waals surface area contributed by atoms with E-state index in [9.17, 15) is 9.18 Å². The van der Waals surface area contributed by atoms with Crippen LogP contribution in [0.1, 0.15) is 37.9 Å². The normalized spacial score (nSPS) is 23.8. The first-order valence-corrected chi connectivity index (χ1v) is 9.98. The maximum atomic E-state index is 14.6. The number of ether oxygens (including phenoxy) is 2. The minimum absolute atomic E-state index is 0.0857. The largest absolute Gasteiger partial charge is 0.494 e. The summed E-state index contributed by atoms with van der Waals surface area (Å²) in [7, 11) is 3.38. The second-order valence-corrected chi connectivity index (χ2v) is 7.69. The van der Waals surface area contributed by atoms with Gasteiger partial charge in [-0.1, -0.05) is 0 Å². The average molecular weight is 399 g/mol. The Morgan fingerprint density at radius 1 is 1.31 bits per heavy atom. The third-order valence-corrected chi connectivity index (χ3v) is 5.89. The summed E-state index contributed by atoms with van der Waals surface area (Å²) in [5.74, 6) is 0.824. The van der Waals surface area contributed by atoms with Gasteiger partial charge in [0.2, 0.25) is 11.8 Å². The lowest BCUT2D eigenvalue weighted by molar-refractivity contribution is -0.131. The number of nitrogens with one attached hydrogen (secondary N) is 1. The van der Waals surface area contributed by atoms with Gasteiger partial charge >= 0.3 is 0 Å². The van der Waals surface area contributed by atoms with Crippen LogP contribution in [0.5, 0.6) is 11.6 Å². The van der Waals surface area contributed by atoms with Gasteiger partial charge < -0.3 is 14.4 Å².